The monoisotopic (exact) mass is 203 g/mol. The number of pyridine rings is 1. The van der Waals surface area contributed by atoms with E-state index in [-0.39, 0.29) is 12.2 Å². The Morgan fingerprint density at radius 1 is 1.58 bits per heavy atom. The van der Waals surface area contributed by atoms with Crippen molar-refractivity contribution >= 4 is 29.0 Å². The van der Waals surface area contributed by atoms with Crippen LogP contribution in [-0.4, -0.2) is 10.8 Å². The molecule has 0 amide bonds. The summed E-state index contributed by atoms with van der Waals surface area (Å²) in [6.45, 7) is 1.50. The highest BCUT2D eigenvalue weighted by Gasteiger charge is 2.04. The number of carbonyl (C=O) groups is 1. The Kier molecular flexibility index (Phi) is 3.06. The lowest BCUT2D eigenvalue weighted by molar-refractivity contribution is -0.116. The van der Waals surface area contributed by atoms with Crippen molar-refractivity contribution in [3.8, 4) is 0 Å². The summed E-state index contributed by atoms with van der Waals surface area (Å²) < 4.78 is 0. The van der Waals surface area contributed by atoms with Crippen LogP contribution in [0.5, 0.6) is 0 Å². The van der Waals surface area contributed by atoms with Gasteiger partial charge in [-0.1, -0.05) is 23.2 Å². The molecular weight excluding hydrogens is 197 g/mol. The molecule has 0 fully saturated rings. The second-order valence-corrected chi connectivity index (χ2v) is 3.28. The first-order valence-corrected chi connectivity index (χ1v) is 4.14. The van der Waals surface area contributed by atoms with Crippen LogP contribution in [0.2, 0.25) is 10.2 Å². The highest BCUT2D eigenvalue weighted by Crippen LogP contribution is 2.17. The summed E-state index contributed by atoms with van der Waals surface area (Å²) in [4.78, 5) is 14.6. The molecule has 0 atom stereocenters. The van der Waals surface area contributed by atoms with Gasteiger partial charge in [-0.05, 0) is 18.6 Å². The molecule has 0 aliphatic rings. The molecule has 1 aromatic heterocycles. The third-order valence-electron chi connectivity index (χ3n) is 1.32. The van der Waals surface area contributed by atoms with Crippen LogP contribution in [-0.2, 0) is 11.2 Å². The second kappa shape index (κ2) is 3.87. The third kappa shape index (κ3) is 2.47. The molecule has 0 N–H and O–H groups in total. The van der Waals surface area contributed by atoms with Gasteiger partial charge in [0.25, 0.3) is 0 Å². The van der Waals surface area contributed by atoms with Crippen LogP contribution in [0.15, 0.2) is 12.3 Å². The zero-order valence-electron chi connectivity index (χ0n) is 6.47. The van der Waals surface area contributed by atoms with E-state index in [9.17, 15) is 4.79 Å². The molecule has 0 bridgehead atoms. The standard InChI is InChI=1S/C8H7Cl2NO/c1-5(12)2-6-3-7(9)4-11-8(6)10/h3-4H,2H2,1H3. The predicted molar refractivity (Wildman–Crippen MR) is 48.6 cm³/mol. The van der Waals surface area contributed by atoms with E-state index in [0.29, 0.717) is 15.7 Å². The van der Waals surface area contributed by atoms with Gasteiger partial charge >= 0.3 is 0 Å². The Balaban J connectivity index is 2.97. The molecule has 0 radical (unpaired) electrons. The number of rotatable bonds is 2. The van der Waals surface area contributed by atoms with Gasteiger partial charge in [-0.2, -0.15) is 0 Å². The van der Waals surface area contributed by atoms with Crippen molar-refractivity contribution in [1.29, 1.82) is 0 Å². The fourth-order valence-electron chi connectivity index (χ4n) is 0.857. The maximum atomic E-state index is 10.7. The van der Waals surface area contributed by atoms with E-state index in [1.54, 1.807) is 6.07 Å². The number of halogens is 2. The molecular formula is C8H7Cl2NO. The van der Waals surface area contributed by atoms with E-state index < -0.39 is 0 Å². The Morgan fingerprint density at radius 3 is 2.83 bits per heavy atom. The summed E-state index contributed by atoms with van der Waals surface area (Å²) in [5.41, 5.74) is 0.677. The maximum absolute atomic E-state index is 10.7. The molecule has 1 heterocycles. The summed E-state index contributed by atoms with van der Waals surface area (Å²) in [6.07, 6.45) is 1.74. The van der Waals surface area contributed by atoms with Gasteiger partial charge < -0.3 is 0 Å². The summed E-state index contributed by atoms with van der Waals surface area (Å²) >= 11 is 11.4. The van der Waals surface area contributed by atoms with Gasteiger partial charge in [-0.25, -0.2) is 4.98 Å². The molecule has 0 unspecified atom stereocenters. The molecule has 2 nitrogen and oxygen atoms in total. The topological polar surface area (TPSA) is 30.0 Å². The largest absolute Gasteiger partial charge is 0.300 e. The van der Waals surface area contributed by atoms with Crippen molar-refractivity contribution in [2.75, 3.05) is 0 Å². The Bertz CT molecular complexity index is 312. The first-order chi connectivity index (χ1) is 5.59. The number of carbonyl (C=O) groups excluding carboxylic acids is 1. The number of nitrogens with zero attached hydrogens (tertiary/aromatic N) is 1. The number of aromatic nitrogens is 1. The minimum absolute atomic E-state index is 0.0426. The molecule has 1 rings (SSSR count). The summed E-state index contributed by atoms with van der Waals surface area (Å²) in [6, 6.07) is 1.65. The molecule has 0 aromatic carbocycles. The van der Waals surface area contributed by atoms with Gasteiger partial charge in [0, 0.05) is 12.6 Å². The SMILES string of the molecule is CC(=O)Cc1cc(Cl)cnc1Cl. The highest BCUT2D eigenvalue weighted by molar-refractivity contribution is 6.32. The van der Waals surface area contributed by atoms with Crippen molar-refractivity contribution in [2.24, 2.45) is 0 Å². The lowest BCUT2D eigenvalue weighted by Gasteiger charge is -2.00. The van der Waals surface area contributed by atoms with Crippen LogP contribution in [0.25, 0.3) is 0 Å². The first kappa shape index (κ1) is 9.49. The smallest absolute Gasteiger partial charge is 0.134 e. The fraction of sp³-hybridized carbons (Fsp3) is 0.250. The Labute approximate surface area is 80.5 Å². The molecule has 0 saturated carbocycles. The summed E-state index contributed by atoms with van der Waals surface area (Å²) in [7, 11) is 0. The van der Waals surface area contributed by atoms with Crippen LogP contribution < -0.4 is 0 Å². The van der Waals surface area contributed by atoms with Crippen molar-refractivity contribution in [3.63, 3.8) is 0 Å². The fourth-order valence-corrected chi connectivity index (χ4v) is 1.21. The van der Waals surface area contributed by atoms with E-state index in [4.69, 9.17) is 23.2 Å². The molecule has 0 aliphatic carbocycles. The van der Waals surface area contributed by atoms with Crippen molar-refractivity contribution < 1.29 is 4.79 Å². The van der Waals surface area contributed by atoms with Crippen LogP contribution in [0.3, 0.4) is 0 Å². The zero-order chi connectivity index (χ0) is 9.14. The number of hydrogen-bond donors (Lipinski definition) is 0. The molecule has 64 valence electrons. The third-order valence-corrected chi connectivity index (χ3v) is 1.86. The van der Waals surface area contributed by atoms with Crippen LogP contribution in [0.1, 0.15) is 12.5 Å². The number of hydrogen-bond acceptors (Lipinski definition) is 2. The molecule has 0 aliphatic heterocycles. The molecule has 1 aromatic rings. The average Bonchev–Trinajstić information content (AvgIpc) is 1.96. The van der Waals surface area contributed by atoms with Gasteiger partial charge in [-0.15, -0.1) is 0 Å². The van der Waals surface area contributed by atoms with E-state index in [2.05, 4.69) is 4.98 Å². The predicted octanol–water partition coefficient (Wildman–Crippen LogP) is 2.52. The molecule has 0 saturated heterocycles. The van der Waals surface area contributed by atoms with Gasteiger partial charge in [0.1, 0.15) is 10.9 Å². The molecule has 0 spiro atoms. The normalized spacial score (nSPS) is 9.92. The summed E-state index contributed by atoms with van der Waals surface area (Å²) in [5, 5.41) is 0.838. The number of ketones is 1. The lowest BCUT2D eigenvalue weighted by atomic mass is 10.1. The van der Waals surface area contributed by atoms with Crippen LogP contribution >= 0.6 is 23.2 Å². The van der Waals surface area contributed by atoms with Gasteiger partial charge in [0.2, 0.25) is 0 Å². The minimum atomic E-state index is 0.0426. The van der Waals surface area contributed by atoms with E-state index in [1.807, 2.05) is 0 Å². The molecule has 4 heteroatoms. The maximum Gasteiger partial charge on any atom is 0.134 e. The number of Topliss-reactive ketones (excluding diaryl/α,β-unsaturated/α-hetero) is 1. The first-order valence-electron chi connectivity index (χ1n) is 3.39. The van der Waals surface area contributed by atoms with Crippen molar-refractivity contribution in [2.45, 2.75) is 13.3 Å². The van der Waals surface area contributed by atoms with E-state index in [0.717, 1.165) is 0 Å². The van der Waals surface area contributed by atoms with Crippen molar-refractivity contribution in [3.05, 3.63) is 28.0 Å². The van der Waals surface area contributed by atoms with Crippen LogP contribution in [0, 0.1) is 0 Å². The van der Waals surface area contributed by atoms with Crippen molar-refractivity contribution in [1.82, 2.24) is 4.98 Å². The summed E-state index contributed by atoms with van der Waals surface area (Å²) in [5.74, 6) is 0.0426. The quantitative estimate of drug-likeness (QED) is 0.692. The zero-order valence-corrected chi connectivity index (χ0v) is 7.99. The van der Waals surface area contributed by atoms with Gasteiger partial charge in [0.15, 0.2) is 0 Å². The van der Waals surface area contributed by atoms with Gasteiger partial charge in [0.05, 0.1) is 5.02 Å². The van der Waals surface area contributed by atoms with E-state index >= 15 is 0 Å². The van der Waals surface area contributed by atoms with Crippen LogP contribution in [0.4, 0.5) is 0 Å². The lowest BCUT2D eigenvalue weighted by Crippen LogP contribution is -1.98. The molecule has 12 heavy (non-hydrogen) atoms. The van der Waals surface area contributed by atoms with E-state index in [1.165, 1.54) is 13.1 Å². The highest BCUT2D eigenvalue weighted by atomic mass is 35.5. The Hall–Kier alpha value is -0.600. The minimum Gasteiger partial charge on any atom is -0.300 e. The second-order valence-electron chi connectivity index (χ2n) is 2.48. The Morgan fingerprint density at radius 2 is 2.25 bits per heavy atom. The van der Waals surface area contributed by atoms with Gasteiger partial charge in [-0.3, -0.25) is 4.79 Å². The average molecular weight is 204 g/mol.